The van der Waals surface area contributed by atoms with E-state index in [0.29, 0.717) is 6.61 Å². The molecular weight excluding hydrogens is 172 g/mol. The first-order valence-corrected chi connectivity index (χ1v) is 4.50. The molecule has 0 radical (unpaired) electrons. The van der Waals surface area contributed by atoms with Crippen LogP contribution in [0.25, 0.3) is 0 Å². The molecule has 68 valence electrons. The highest BCUT2D eigenvalue weighted by atomic mass is 16.5. The molecule has 0 aliphatic rings. The van der Waals surface area contributed by atoms with Crippen LogP contribution in [-0.2, 0) is 6.61 Å². The Bertz CT molecular complexity index is 327. The van der Waals surface area contributed by atoms with E-state index in [2.05, 4.69) is 12.1 Å². The molecule has 1 nitrogen and oxygen atoms in total. The molecule has 2 rings (SSSR count). The Morgan fingerprint density at radius 2 is 1.86 bits per heavy atom. The normalized spacial score (nSPS) is 9.14. The van der Waals surface area contributed by atoms with Gasteiger partial charge in [-0.05, 0) is 17.7 Å². The fourth-order valence-corrected chi connectivity index (χ4v) is 1.16. The van der Waals surface area contributed by atoms with Gasteiger partial charge in [-0.1, -0.05) is 42.5 Å². The van der Waals surface area contributed by atoms with Crippen LogP contribution in [0.4, 0.5) is 0 Å². The third-order valence-electron chi connectivity index (χ3n) is 1.88. The van der Waals surface area contributed by atoms with Crippen LogP contribution in [0.15, 0.2) is 48.5 Å². The summed E-state index contributed by atoms with van der Waals surface area (Å²) >= 11 is 0. The molecule has 0 aliphatic heterocycles. The maximum atomic E-state index is 5.54. The zero-order valence-corrected chi connectivity index (χ0v) is 7.73. The average molecular weight is 182 g/mol. The molecular formula is C13H10O. The first-order chi connectivity index (χ1) is 6.95. The number of hydrogen-bond donors (Lipinski definition) is 0. The first-order valence-electron chi connectivity index (χ1n) is 4.50. The van der Waals surface area contributed by atoms with Crippen molar-refractivity contribution in [2.75, 3.05) is 0 Å². The van der Waals surface area contributed by atoms with Gasteiger partial charge in [0.05, 0.1) is 0 Å². The lowest BCUT2D eigenvalue weighted by Gasteiger charge is -2.04. The summed E-state index contributed by atoms with van der Waals surface area (Å²) in [6, 6.07) is 21.2. The van der Waals surface area contributed by atoms with Gasteiger partial charge in [0.15, 0.2) is 0 Å². The van der Waals surface area contributed by atoms with E-state index in [4.69, 9.17) is 4.74 Å². The van der Waals surface area contributed by atoms with Gasteiger partial charge in [0.25, 0.3) is 0 Å². The summed E-state index contributed by atoms with van der Waals surface area (Å²) in [5.41, 5.74) is 1.17. The minimum absolute atomic E-state index is 0.596. The second-order valence-electron chi connectivity index (χ2n) is 2.94. The topological polar surface area (TPSA) is 9.23 Å². The molecule has 2 aromatic carbocycles. The predicted molar refractivity (Wildman–Crippen MR) is 54.9 cm³/mol. The third-order valence-corrected chi connectivity index (χ3v) is 1.88. The zero-order valence-electron chi connectivity index (χ0n) is 7.73. The Kier molecular flexibility index (Phi) is 2.68. The summed E-state index contributed by atoms with van der Waals surface area (Å²) in [5, 5.41) is 0. The summed E-state index contributed by atoms with van der Waals surface area (Å²) in [5.74, 6) is 0.826. The van der Waals surface area contributed by atoms with Crippen LogP contribution in [0.5, 0.6) is 5.75 Å². The van der Waals surface area contributed by atoms with Crippen LogP contribution in [-0.4, -0.2) is 0 Å². The van der Waals surface area contributed by atoms with E-state index in [-0.39, 0.29) is 0 Å². The van der Waals surface area contributed by atoms with Crippen LogP contribution < -0.4 is 4.74 Å². The van der Waals surface area contributed by atoms with Crippen LogP contribution in [0.1, 0.15) is 5.56 Å². The lowest BCUT2D eigenvalue weighted by atomic mass is 10.2. The maximum Gasteiger partial charge on any atom is 0.128 e. The minimum atomic E-state index is 0.596. The molecule has 0 N–H and O–H groups in total. The van der Waals surface area contributed by atoms with Crippen LogP contribution >= 0.6 is 0 Å². The van der Waals surface area contributed by atoms with Crippen molar-refractivity contribution in [3.8, 4) is 5.75 Å². The monoisotopic (exact) mass is 182 g/mol. The highest BCUT2D eigenvalue weighted by Crippen LogP contribution is 2.09. The van der Waals surface area contributed by atoms with E-state index in [1.165, 1.54) is 5.56 Å². The first kappa shape index (κ1) is 8.65. The molecule has 1 heteroatoms. The highest BCUT2D eigenvalue weighted by molar-refractivity contribution is 5.19. The van der Waals surface area contributed by atoms with Crippen molar-refractivity contribution in [1.29, 1.82) is 0 Å². The third kappa shape index (κ3) is 2.27. The van der Waals surface area contributed by atoms with Crippen molar-refractivity contribution in [2.45, 2.75) is 6.61 Å². The summed E-state index contributed by atoms with van der Waals surface area (Å²) in [6.45, 7) is 0.596. The molecule has 0 amide bonds. The molecule has 2 aromatic rings. The fraction of sp³-hybridized carbons (Fsp3) is 0.0769. The fourth-order valence-electron chi connectivity index (χ4n) is 1.16. The Morgan fingerprint density at radius 3 is 2.57 bits per heavy atom. The molecule has 0 heterocycles. The van der Waals surface area contributed by atoms with E-state index in [0.717, 1.165) is 5.75 Å². The SMILES string of the molecule is c1ccc(OCc2ccccc2)cc#1. The van der Waals surface area contributed by atoms with Crippen molar-refractivity contribution in [2.24, 2.45) is 0 Å². The van der Waals surface area contributed by atoms with E-state index in [9.17, 15) is 0 Å². The minimum Gasteiger partial charge on any atom is -0.488 e. The largest absolute Gasteiger partial charge is 0.488 e. The van der Waals surface area contributed by atoms with Gasteiger partial charge in [-0.2, -0.15) is 0 Å². The summed E-state index contributed by atoms with van der Waals surface area (Å²) < 4.78 is 5.54. The lowest BCUT2D eigenvalue weighted by Crippen LogP contribution is -1.93. The standard InChI is InChI=1S/C13H10O/c1-3-7-12(8-4-1)11-14-13-9-5-2-6-10-13/h1,3-5,7-10H,11H2. The molecule has 0 saturated heterocycles. The van der Waals surface area contributed by atoms with Gasteiger partial charge in [0.2, 0.25) is 0 Å². The number of hydrogen-bond acceptors (Lipinski definition) is 1. The second-order valence-corrected chi connectivity index (χ2v) is 2.94. The number of ether oxygens (including phenoxy) is 1. The molecule has 14 heavy (non-hydrogen) atoms. The Morgan fingerprint density at radius 1 is 1.00 bits per heavy atom. The van der Waals surface area contributed by atoms with Gasteiger partial charge in [-0.3, -0.25) is 0 Å². The van der Waals surface area contributed by atoms with E-state index in [1.807, 2.05) is 36.4 Å². The van der Waals surface area contributed by atoms with Crippen molar-refractivity contribution in [3.05, 3.63) is 66.2 Å². The van der Waals surface area contributed by atoms with E-state index >= 15 is 0 Å². The summed E-state index contributed by atoms with van der Waals surface area (Å²) in [4.78, 5) is 0. The average Bonchev–Trinajstić information content (AvgIpc) is 2.29. The molecule has 0 aliphatic carbocycles. The molecule has 0 bridgehead atoms. The summed E-state index contributed by atoms with van der Waals surface area (Å²) in [7, 11) is 0. The van der Waals surface area contributed by atoms with Gasteiger partial charge in [0.1, 0.15) is 12.4 Å². The van der Waals surface area contributed by atoms with Gasteiger partial charge >= 0.3 is 0 Å². The molecule has 0 fully saturated rings. The summed E-state index contributed by atoms with van der Waals surface area (Å²) in [6.07, 6.45) is 0. The quantitative estimate of drug-likeness (QED) is 0.709. The Balaban J connectivity index is 1.96. The molecule has 0 saturated carbocycles. The number of rotatable bonds is 3. The van der Waals surface area contributed by atoms with Crippen molar-refractivity contribution < 1.29 is 4.74 Å². The molecule has 0 unspecified atom stereocenters. The molecule has 0 spiro atoms. The predicted octanol–water partition coefficient (Wildman–Crippen LogP) is 2.87. The lowest BCUT2D eigenvalue weighted by molar-refractivity contribution is 0.306. The van der Waals surface area contributed by atoms with Crippen molar-refractivity contribution in [1.82, 2.24) is 0 Å². The van der Waals surface area contributed by atoms with Crippen LogP contribution in [0.3, 0.4) is 0 Å². The highest BCUT2D eigenvalue weighted by Gasteiger charge is 1.92. The van der Waals surface area contributed by atoms with E-state index in [1.54, 1.807) is 12.1 Å². The van der Waals surface area contributed by atoms with Gasteiger partial charge in [-0.15, -0.1) is 0 Å². The van der Waals surface area contributed by atoms with Gasteiger partial charge in [-0.25, -0.2) is 0 Å². The van der Waals surface area contributed by atoms with Crippen LogP contribution in [0.2, 0.25) is 0 Å². The second kappa shape index (κ2) is 4.34. The van der Waals surface area contributed by atoms with E-state index < -0.39 is 0 Å². The molecule has 0 atom stereocenters. The molecule has 0 aromatic heterocycles. The van der Waals surface area contributed by atoms with Crippen molar-refractivity contribution >= 4 is 0 Å². The maximum absolute atomic E-state index is 5.54. The van der Waals surface area contributed by atoms with Crippen molar-refractivity contribution in [3.63, 3.8) is 0 Å². The Labute approximate surface area is 84.0 Å². The zero-order chi connectivity index (χ0) is 9.64. The Hall–Kier alpha value is -1.94. The smallest absolute Gasteiger partial charge is 0.128 e. The van der Waals surface area contributed by atoms with Crippen LogP contribution in [0, 0.1) is 12.1 Å². The van der Waals surface area contributed by atoms with Gasteiger partial charge < -0.3 is 4.74 Å². The van der Waals surface area contributed by atoms with Gasteiger partial charge in [0, 0.05) is 6.07 Å². The number of benzene rings is 1.